The largest absolute Gasteiger partial charge is 0.478 e. The number of carbonyl (C=O) groups is 1. The lowest BCUT2D eigenvalue weighted by molar-refractivity contribution is 0.0695. The molecule has 3 aromatic rings. The maximum atomic E-state index is 15.2. The Labute approximate surface area is 170 Å². The van der Waals surface area contributed by atoms with E-state index in [-0.39, 0.29) is 40.9 Å². The summed E-state index contributed by atoms with van der Waals surface area (Å²) in [5.74, 6) is -2.10. The van der Waals surface area contributed by atoms with E-state index >= 15 is 4.39 Å². The number of halogens is 2. The number of benzene rings is 2. The van der Waals surface area contributed by atoms with Gasteiger partial charge in [0.15, 0.2) is 5.82 Å². The molecule has 1 aromatic heterocycles. The van der Waals surface area contributed by atoms with Crippen molar-refractivity contribution in [2.45, 2.75) is 19.9 Å². The highest BCUT2D eigenvalue weighted by atomic mass is 79.9. The van der Waals surface area contributed by atoms with Crippen LogP contribution in [0.15, 0.2) is 35.1 Å². The Morgan fingerprint density at radius 2 is 2.04 bits per heavy atom. The molecule has 0 aliphatic carbocycles. The quantitative estimate of drug-likeness (QED) is 0.596. The number of aromatic nitrogens is 2. The molecule has 28 heavy (non-hydrogen) atoms. The number of nitrogens with zero attached hydrogens (tertiary/aromatic N) is 2. The van der Waals surface area contributed by atoms with Crippen molar-refractivity contribution >= 4 is 42.8 Å². The van der Waals surface area contributed by atoms with Gasteiger partial charge < -0.3 is 9.67 Å². The molecular formula is C19H18BrFN2O4S. The number of rotatable bonds is 6. The van der Waals surface area contributed by atoms with Crippen LogP contribution in [0.5, 0.6) is 0 Å². The van der Waals surface area contributed by atoms with E-state index in [4.69, 9.17) is 0 Å². The Bertz CT molecular complexity index is 1190. The van der Waals surface area contributed by atoms with Crippen LogP contribution in [-0.2, 0) is 22.8 Å². The van der Waals surface area contributed by atoms with Gasteiger partial charge in [-0.25, -0.2) is 22.6 Å². The number of imidazole rings is 1. The van der Waals surface area contributed by atoms with Gasteiger partial charge in [-0.05, 0) is 36.2 Å². The fraction of sp³-hybridized carbons (Fsp3) is 0.263. The minimum Gasteiger partial charge on any atom is -0.478 e. The van der Waals surface area contributed by atoms with Gasteiger partial charge in [-0.2, -0.15) is 0 Å². The normalized spacial score (nSPS) is 11.9. The molecule has 148 valence electrons. The van der Waals surface area contributed by atoms with E-state index in [1.54, 1.807) is 0 Å². The van der Waals surface area contributed by atoms with Gasteiger partial charge in [0.2, 0.25) is 0 Å². The van der Waals surface area contributed by atoms with E-state index in [1.165, 1.54) is 17.0 Å². The van der Waals surface area contributed by atoms with Gasteiger partial charge in [0.1, 0.15) is 15.4 Å². The van der Waals surface area contributed by atoms with Gasteiger partial charge in [-0.3, -0.25) is 0 Å². The maximum absolute atomic E-state index is 15.2. The van der Waals surface area contributed by atoms with Crippen LogP contribution in [0, 0.1) is 12.7 Å². The van der Waals surface area contributed by atoms with Gasteiger partial charge in [0.25, 0.3) is 0 Å². The zero-order chi connectivity index (χ0) is 20.6. The van der Waals surface area contributed by atoms with Crippen molar-refractivity contribution in [3.8, 4) is 0 Å². The minimum atomic E-state index is -3.23. The highest BCUT2D eigenvalue weighted by Gasteiger charge is 2.22. The molecule has 0 bridgehead atoms. The molecular weight excluding hydrogens is 451 g/mol. The average molecular weight is 469 g/mol. The minimum absolute atomic E-state index is 0.0308. The molecule has 3 rings (SSSR count). The molecule has 1 heterocycles. The molecule has 0 atom stereocenters. The van der Waals surface area contributed by atoms with Gasteiger partial charge in [0.05, 0.1) is 23.2 Å². The zero-order valence-electron chi connectivity index (χ0n) is 15.2. The monoisotopic (exact) mass is 468 g/mol. The number of aromatic carboxylic acids is 1. The highest BCUT2D eigenvalue weighted by molar-refractivity contribution is 9.10. The third kappa shape index (κ3) is 4.25. The van der Waals surface area contributed by atoms with Crippen molar-refractivity contribution in [1.82, 2.24) is 9.55 Å². The lowest BCUT2D eigenvalue weighted by Gasteiger charge is -2.12. The summed E-state index contributed by atoms with van der Waals surface area (Å²) in [6, 6.07) is 6.88. The summed E-state index contributed by atoms with van der Waals surface area (Å²) in [5.41, 5.74) is 1.90. The second-order valence-corrected chi connectivity index (χ2v) is 9.88. The standard InChI is InChI=1S/C19H18BrFN2O4S/c1-11-7-13(20)4-3-12(11)8-14-15(19(24)25)9-16-18(17(14)21)22-10-23(16)5-6-28(2,26)27/h3-4,7,9-10H,5-6,8H2,1-2H3,(H,24,25). The van der Waals surface area contributed by atoms with Crippen LogP contribution in [0.2, 0.25) is 0 Å². The first-order chi connectivity index (χ1) is 13.1. The van der Waals surface area contributed by atoms with E-state index in [9.17, 15) is 18.3 Å². The van der Waals surface area contributed by atoms with Crippen LogP contribution in [0.4, 0.5) is 4.39 Å². The van der Waals surface area contributed by atoms with Crippen molar-refractivity contribution in [3.63, 3.8) is 0 Å². The van der Waals surface area contributed by atoms with Crippen molar-refractivity contribution in [3.05, 3.63) is 63.1 Å². The summed E-state index contributed by atoms with van der Waals surface area (Å²) >= 11 is 3.37. The summed E-state index contributed by atoms with van der Waals surface area (Å²) in [6.07, 6.45) is 2.55. The molecule has 0 aliphatic heterocycles. The third-order valence-corrected chi connectivity index (χ3v) is 5.98. The second kappa shape index (κ2) is 7.63. The number of carboxylic acids is 1. The Balaban J connectivity index is 2.11. The van der Waals surface area contributed by atoms with Gasteiger partial charge in [0, 0.05) is 29.3 Å². The molecule has 0 saturated heterocycles. The van der Waals surface area contributed by atoms with E-state index in [2.05, 4.69) is 20.9 Å². The molecule has 9 heteroatoms. The Morgan fingerprint density at radius 1 is 1.32 bits per heavy atom. The molecule has 0 fully saturated rings. The number of aryl methyl sites for hydroxylation is 2. The van der Waals surface area contributed by atoms with Gasteiger partial charge >= 0.3 is 5.97 Å². The van der Waals surface area contributed by atoms with Crippen LogP contribution >= 0.6 is 15.9 Å². The number of carboxylic acid groups (broad SMARTS) is 1. The summed E-state index contributed by atoms with van der Waals surface area (Å²) < 4.78 is 40.4. The van der Waals surface area contributed by atoms with Crippen molar-refractivity contribution in [2.24, 2.45) is 0 Å². The van der Waals surface area contributed by atoms with Crippen LogP contribution in [-0.4, -0.2) is 41.1 Å². The van der Waals surface area contributed by atoms with E-state index in [0.717, 1.165) is 21.9 Å². The van der Waals surface area contributed by atoms with Crippen molar-refractivity contribution < 1.29 is 22.7 Å². The predicted octanol–water partition coefficient (Wildman–Crippen LogP) is 3.58. The number of hydrogen-bond acceptors (Lipinski definition) is 4. The Kier molecular flexibility index (Phi) is 5.58. The molecule has 0 aliphatic rings. The van der Waals surface area contributed by atoms with Crippen LogP contribution in [0.3, 0.4) is 0 Å². The second-order valence-electron chi connectivity index (χ2n) is 6.70. The summed E-state index contributed by atoms with van der Waals surface area (Å²) in [4.78, 5) is 15.8. The Morgan fingerprint density at radius 3 is 2.64 bits per heavy atom. The fourth-order valence-corrected chi connectivity index (χ4v) is 4.06. The van der Waals surface area contributed by atoms with Crippen LogP contribution in [0.25, 0.3) is 11.0 Å². The maximum Gasteiger partial charge on any atom is 0.336 e. The molecule has 6 nitrogen and oxygen atoms in total. The molecule has 1 N–H and O–H groups in total. The van der Waals surface area contributed by atoms with Crippen LogP contribution in [0.1, 0.15) is 27.0 Å². The molecule has 2 aromatic carbocycles. The van der Waals surface area contributed by atoms with Crippen molar-refractivity contribution in [2.75, 3.05) is 12.0 Å². The topological polar surface area (TPSA) is 89.3 Å². The van der Waals surface area contributed by atoms with E-state index < -0.39 is 21.6 Å². The number of hydrogen-bond donors (Lipinski definition) is 1. The first-order valence-electron chi connectivity index (χ1n) is 8.39. The Hall–Kier alpha value is -2.26. The number of sulfone groups is 1. The van der Waals surface area contributed by atoms with Crippen molar-refractivity contribution in [1.29, 1.82) is 0 Å². The summed E-state index contributed by atoms with van der Waals surface area (Å²) in [7, 11) is -3.23. The molecule has 0 radical (unpaired) electrons. The van der Waals surface area contributed by atoms with E-state index in [0.29, 0.717) is 0 Å². The molecule has 0 amide bonds. The average Bonchev–Trinajstić information content (AvgIpc) is 2.99. The van der Waals surface area contributed by atoms with E-state index in [1.807, 2.05) is 25.1 Å². The zero-order valence-corrected chi connectivity index (χ0v) is 17.6. The molecule has 0 spiro atoms. The lowest BCUT2D eigenvalue weighted by atomic mass is 9.95. The predicted molar refractivity (Wildman–Crippen MR) is 108 cm³/mol. The summed E-state index contributed by atoms with van der Waals surface area (Å²) in [6.45, 7) is 1.94. The fourth-order valence-electron chi connectivity index (χ4n) is 3.05. The number of fused-ring (bicyclic) bond motifs is 1. The lowest BCUT2D eigenvalue weighted by Crippen LogP contribution is -2.12. The third-order valence-electron chi connectivity index (χ3n) is 4.56. The smallest absolute Gasteiger partial charge is 0.336 e. The van der Waals surface area contributed by atoms with Crippen LogP contribution < -0.4 is 0 Å². The SMILES string of the molecule is Cc1cc(Br)ccc1Cc1c(C(=O)O)cc2c(ncn2CCS(C)(=O)=O)c1F. The summed E-state index contributed by atoms with van der Waals surface area (Å²) in [5, 5.41) is 9.63. The highest BCUT2D eigenvalue weighted by Crippen LogP contribution is 2.28. The first-order valence-corrected chi connectivity index (χ1v) is 11.2. The molecule has 0 unspecified atom stereocenters. The van der Waals surface area contributed by atoms with Gasteiger partial charge in [-0.1, -0.05) is 22.0 Å². The molecule has 0 saturated carbocycles. The first kappa shape index (κ1) is 20.5. The van der Waals surface area contributed by atoms with Gasteiger partial charge in [-0.15, -0.1) is 0 Å².